The predicted molar refractivity (Wildman–Crippen MR) is 173 cm³/mol. The van der Waals surface area contributed by atoms with Crippen molar-refractivity contribution < 1.29 is 54.3 Å². The van der Waals surface area contributed by atoms with E-state index >= 15 is 0 Å². The van der Waals surface area contributed by atoms with Crippen LogP contribution in [0.1, 0.15) is 32.1 Å². The summed E-state index contributed by atoms with van der Waals surface area (Å²) in [4.78, 5) is 76.4. The first-order valence-electron chi connectivity index (χ1n) is 13.8. The van der Waals surface area contributed by atoms with Crippen molar-refractivity contribution in [2.75, 3.05) is 17.2 Å². The number of hydrogen-bond donors (Lipinski definition) is 7. The average Bonchev–Trinajstić information content (AvgIpc) is 3.74. The van der Waals surface area contributed by atoms with Crippen molar-refractivity contribution in [2.45, 2.75) is 23.0 Å². The van der Waals surface area contributed by atoms with Gasteiger partial charge in [0.1, 0.15) is 40.0 Å². The number of amides is 2. The standard InChI is InChI=1S/C27H21N9O11S3/c28-27-31-13(8-50-27)17(33-47-5-9-1-11(24(41)42)20(38)14(37)2-9)21(39)32-18-22(40)35-19(26(45)46)10(7-49-23(18)35)6-48-16-3-12(25(43)44)30-15-4-29-34-36(15)16/h1-4,8,18,23,37-38H,5-7H2,(H2,28,31)(H,32,39)(H,41,42)(H,43,44)(H,45,46)/b33-17-/t18-,23-/m1/s1. The summed E-state index contributed by atoms with van der Waals surface area (Å²) < 4.78 is 1.30. The Morgan fingerprint density at radius 3 is 2.54 bits per heavy atom. The number of aromatic carboxylic acids is 2. The lowest BCUT2D eigenvalue weighted by molar-refractivity contribution is -0.150. The zero-order chi connectivity index (χ0) is 35.9. The monoisotopic (exact) mass is 743 g/mol. The highest BCUT2D eigenvalue weighted by Gasteiger charge is 2.54. The summed E-state index contributed by atoms with van der Waals surface area (Å²) in [6.45, 7) is -0.452. The Kier molecular flexibility index (Phi) is 9.18. The van der Waals surface area contributed by atoms with Gasteiger partial charge in [-0.05, 0) is 23.3 Å². The summed E-state index contributed by atoms with van der Waals surface area (Å²) in [7, 11) is 0. The summed E-state index contributed by atoms with van der Waals surface area (Å²) in [6.07, 6.45) is 1.27. The van der Waals surface area contributed by atoms with Gasteiger partial charge in [-0.3, -0.25) is 14.5 Å². The van der Waals surface area contributed by atoms with Crippen LogP contribution in [0.4, 0.5) is 5.13 Å². The van der Waals surface area contributed by atoms with Crippen LogP contribution < -0.4 is 11.1 Å². The molecular weight excluding hydrogens is 723 g/mol. The first kappa shape index (κ1) is 33.9. The molecule has 6 rings (SSSR count). The number of benzene rings is 1. The molecule has 0 spiro atoms. The minimum absolute atomic E-state index is 0.0150. The number of phenolic OH excluding ortho intramolecular Hbond substituents is 1. The molecule has 3 aromatic heterocycles. The number of nitrogens with zero attached hydrogens (tertiary/aromatic N) is 7. The molecule has 4 aromatic rings. The SMILES string of the molecule is Nc1nc(/C(=N/OCc2cc(O)c(O)c(C(=O)O)c2)C(=O)N[C@@H]2C(=O)N3C(C(=O)O)=C(CSc4cc(C(=O)O)nc5cnnn45)CS[C@H]23)cs1. The van der Waals surface area contributed by atoms with Gasteiger partial charge >= 0.3 is 17.9 Å². The first-order chi connectivity index (χ1) is 23.8. The Morgan fingerprint density at radius 2 is 1.86 bits per heavy atom. The number of aromatic hydroxyl groups is 2. The summed E-state index contributed by atoms with van der Waals surface area (Å²) in [5.74, 6) is -7.16. The number of hydrogen-bond acceptors (Lipinski definition) is 17. The number of nitrogen functional groups attached to an aromatic ring is 1. The van der Waals surface area contributed by atoms with Gasteiger partial charge in [0.15, 0.2) is 33.7 Å². The fourth-order valence-corrected chi connectivity index (χ4v) is 7.90. The molecule has 0 aliphatic carbocycles. The van der Waals surface area contributed by atoms with Gasteiger partial charge in [0.05, 0.1) is 6.20 Å². The average molecular weight is 744 g/mol. The number of carboxylic acid groups (broad SMARTS) is 3. The second-order valence-electron chi connectivity index (χ2n) is 10.3. The molecular formula is C27H21N9O11S3. The molecule has 0 saturated carbocycles. The van der Waals surface area contributed by atoms with Crippen LogP contribution in [-0.4, -0.2) is 114 Å². The molecule has 50 heavy (non-hydrogen) atoms. The number of anilines is 1. The topological polar surface area (TPSA) is 305 Å². The van der Waals surface area contributed by atoms with Crippen LogP contribution in [0, 0.1) is 0 Å². The lowest BCUT2D eigenvalue weighted by atomic mass is 10.0. The van der Waals surface area contributed by atoms with Gasteiger partial charge in [0, 0.05) is 23.0 Å². The van der Waals surface area contributed by atoms with Crippen molar-refractivity contribution in [1.82, 2.24) is 35.0 Å². The third kappa shape index (κ3) is 6.42. The Bertz CT molecular complexity index is 2170. The number of nitrogens with one attached hydrogen (secondary N) is 1. The van der Waals surface area contributed by atoms with E-state index in [0.717, 1.165) is 40.1 Å². The van der Waals surface area contributed by atoms with Crippen LogP contribution in [-0.2, 0) is 25.8 Å². The van der Waals surface area contributed by atoms with Crippen LogP contribution in [0.2, 0.25) is 0 Å². The van der Waals surface area contributed by atoms with Gasteiger partial charge in [-0.25, -0.2) is 24.4 Å². The molecule has 258 valence electrons. The Labute approximate surface area is 290 Å². The number of aliphatic carboxylic acids is 1. The van der Waals surface area contributed by atoms with Gasteiger partial charge in [-0.15, -0.1) is 40.0 Å². The maximum absolute atomic E-state index is 13.4. The van der Waals surface area contributed by atoms with E-state index < -0.39 is 70.5 Å². The van der Waals surface area contributed by atoms with Gasteiger partial charge in [0.25, 0.3) is 11.8 Å². The number of thiazole rings is 1. The number of fused-ring (bicyclic) bond motifs is 2. The number of carboxylic acids is 3. The number of nitrogens with two attached hydrogens (primary N) is 1. The minimum atomic E-state index is -1.51. The maximum atomic E-state index is 13.4. The van der Waals surface area contributed by atoms with Crippen LogP contribution in [0.15, 0.2) is 51.2 Å². The molecule has 8 N–H and O–H groups in total. The van der Waals surface area contributed by atoms with Crippen LogP contribution in [0.25, 0.3) is 5.65 Å². The van der Waals surface area contributed by atoms with Crippen LogP contribution >= 0.6 is 34.9 Å². The number of oxime groups is 1. The lowest BCUT2D eigenvalue weighted by Crippen LogP contribution is -2.71. The van der Waals surface area contributed by atoms with E-state index in [1.165, 1.54) is 33.9 Å². The fourth-order valence-electron chi connectivity index (χ4n) is 4.87. The van der Waals surface area contributed by atoms with E-state index in [1.54, 1.807) is 0 Å². The highest BCUT2D eigenvalue weighted by molar-refractivity contribution is 8.01. The molecule has 1 fully saturated rings. The molecule has 20 nitrogen and oxygen atoms in total. The highest BCUT2D eigenvalue weighted by atomic mass is 32.2. The lowest BCUT2D eigenvalue weighted by Gasteiger charge is -2.49. The summed E-state index contributed by atoms with van der Waals surface area (Å²) >= 11 is 3.26. The summed E-state index contributed by atoms with van der Waals surface area (Å²) in [5, 5.41) is 63.4. The number of rotatable bonds is 12. The Balaban J connectivity index is 1.18. The van der Waals surface area contributed by atoms with E-state index in [1.807, 2.05) is 0 Å². The number of phenols is 2. The maximum Gasteiger partial charge on any atom is 0.354 e. The molecule has 23 heteroatoms. The number of thioether (sulfide) groups is 2. The molecule has 2 aliphatic rings. The van der Waals surface area contributed by atoms with E-state index in [-0.39, 0.29) is 44.9 Å². The van der Waals surface area contributed by atoms with E-state index in [0.29, 0.717) is 10.6 Å². The molecule has 2 amide bonds. The normalized spacial score (nSPS) is 17.3. The van der Waals surface area contributed by atoms with Gasteiger partial charge in [-0.2, -0.15) is 4.52 Å². The Morgan fingerprint density at radius 1 is 1.08 bits per heavy atom. The summed E-state index contributed by atoms with van der Waals surface area (Å²) in [5.41, 5.74) is 4.80. The molecule has 0 unspecified atom stereocenters. The largest absolute Gasteiger partial charge is 0.504 e. The number of aromatic nitrogens is 5. The number of carbonyl (C=O) groups excluding carboxylic acids is 2. The zero-order valence-corrected chi connectivity index (χ0v) is 27.2. The van der Waals surface area contributed by atoms with E-state index in [4.69, 9.17) is 10.6 Å². The molecule has 0 radical (unpaired) electrons. The van der Waals surface area contributed by atoms with Crippen molar-refractivity contribution >= 4 is 81.1 Å². The van der Waals surface area contributed by atoms with E-state index in [9.17, 15) is 49.5 Å². The third-order valence-electron chi connectivity index (χ3n) is 7.13. The third-order valence-corrected chi connectivity index (χ3v) is 10.2. The zero-order valence-electron chi connectivity index (χ0n) is 24.8. The van der Waals surface area contributed by atoms with Crippen molar-refractivity contribution in [2.24, 2.45) is 5.16 Å². The van der Waals surface area contributed by atoms with E-state index in [2.05, 4.69) is 30.8 Å². The summed E-state index contributed by atoms with van der Waals surface area (Å²) in [6, 6.07) is 2.18. The Hall–Kier alpha value is -5.94. The van der Waals surface area contributed by atoms with Crippen LogP contribution in [0.3, 0.4) is 0 Å². The molecule has 1 saturated heterocycles. The van der Waals surface area contributed by atoms with Crippen molar-refractivity contribution in [3.05, 3.63) is 63.6 Å². The molecule has 2 aliphatic heterocycles. The second kappa shape index (κ2) is 13.5. The fraction of sp³-hybridized carbons (Fsp3) is 0.185. The molecule has 1 aromatic carbocycles. The smallest absolute Gasteiger partial charge is 0.354 e. The molecule has 0 bridgehead atoms. The molecule has 5 heterocycles. The second-order valence-corrected chi connectivity index (χ2v) is 13.3. The highest BCUT2D eigenvalue weighted by Crippen LogP contribution is 2.42. The van der Waals surface area contributed by atoms with Crippen molar-refractivity contribution in [3.63, 3.8) is 0 Å². The predicted octanol–water partition coefficient (Wildman–Crippen LogP) is 0.422. The quantitative estimate of drug-likeness (QED) is 0.0258. The van der Waals surface area contributed by atoms with Crippen molar-refractivity contribution in [3.8, 4) is 11.5 Å². The van der Waals surface area contributed by atoms with Gasteiger partial charge < -0.3 is 41.4 Å². The van der Waals surface area contributed by atoms with Crippen LogP contribution in [0.5, 0.6) is 11.5 Å². The number of β-lactam (4-membered cyclic amide) rings is 1. The van der Waals surface area contributed by atoms with Crippen molar-refractivity contribution in [1.29, 1.82) is 0 Å². The first-order valence-corrected chi connectivity index (χ1v) is 16.7. The van der Waals surface area contributed by atoms with Gasteiger partial charge in [0.2, 0.25) is 0 Å². The van der Waals surface area contributed by atoms with Gasteiger partial charge in [-0.1, -0.05) is 10.4 Å². The minimum Gasteiger partial charge on any atom is -0.504 e. The number of carbonyl (C=O) groups is 5. The molecule has 2 atom stereocenters.